The Hall–Kier alpha value is -1.95. The van der Waals surface area contributed by atoms with Crippen molar-refractivity contribution in [3.8, 4) is 0 Å². The molecule has 0 aromatic heterocycles. The lowest BCUT2D eigenvalue weighted by Crippen LogP contribution is -2.47. The average molecular weight is 335 g/mol. The van der Waals surface area contributed by atoms with Crippen LogP contribution in [0.15, 0.2) is 18.2 Å². The van der Waals surface area contributed by atoms with Crippen LogP contribution in [0.1, 0.15) is 44.1 Å². The second kappa shape index (κ2) is 8.24. The van der Waals surface area contributed by atoms with Crippen molar-refractivity contribution in [1.29, 1.82) is 0 Å². The fourth-order valence-corrected chi connectivity index (χ4v) is 2.97. The van der Waals surface area contributed by atoms with Crippen molar-refractivity contribution in [2.75, 3.05) is 26.0 Å². The van der Waals surface area contributed by atoms with Crippen molar-refractivity contribution in [2.24, 2.45) is 0 Å². The highest BCUT2D eigenvalue weighted by molar-refractivity contribution is 6.01. The summed E-state index contributed by atoms with van der Waals surface area (Å²) in [7, 11) is 4.02. The van der Waals surface area contributed by atoms with Gasteiger partial charge >= 0.3 is 0 Å². The molecule has 1 aliphatic heterocycles. The summed E-state index contributed by atoms with van der Waals surface area (Å²) in [5.74, 6) is -0.686. The van der Waals surface area contributed by atoms with Crippen molar-refractivity contribution < 1.29 is 14.0 Å². The van der Waals surface area contributed by atoms with Gasteiger partial charge < -0.3 is 10.2 Å². The number of hydrogen-bond acceptors (Lipinski definition) is 4. The van der Waals surface area contributed by atoms with Gasteiger partial charge in [-0.15, -0.1) is 0 Å². The van der Waals surface area contributed by atoms with Gasteiger partial charge in [0, 0.05) is 12.1 Å². The van der Waals surface area contributed by atoms with E-state index in [2.05, 4.69) is 22.5 Å². The Balaban J connectivity index is 2.05. The maximum absolute atomic E-state index is 14.5. The average Bonchev–Trinajstić information content (AvgIpc) is 2.52. The lowest BCUT2D eigenvalue weighted by atomic mass is 9.92. The summed E-state index contributed by atoms with van der Waals surface area (Å²) in [4.78, 5) is 25.0. The normalized spacial score (nSPS) is 19.3. The monoisotopic (exact) mass is 335 g/mol. The van der Waals surface area contributed by atoms with E-state index in [1.54, 1.807) is 12.1 Å². The highest BCUT2D eigenvalue weighted by atomic mass is 19.1. The van der Waals surface area contributed by atoms with Gasteiger partial charge in [-0.25, -0.2) is 4.39 Å². The minimum atomic E-state index is -0.497. The molecule has 6 heteroatoms. The summed E-state index contributed by atoms with van der Waals surface area (Å²) >= 11 is 0. The predicted molar refractivity (Wildman–Crippen MR) is 92.4 cm³/mol. The fourth-order valence-electron chi connectivity index (χ4n) is 2.97. The summed E-state index contributed by atoms with van der Waals surface area (Å²) in [6.45, 7) is 2.98. The lowest BCUT2D eigenvalue weighted by Gasteiger charge is -2.23. The van der Waals surface area contributed by atoms with Crippen molar-refractivity contribution in [3.63, 3.8) is 0 Å². The first-order valence-electron chi connectivity index (χ1n) is 8.45. The number of imide groups is 1. The molecule has 5 nitrogen and oxygen atoms in total. The number of halogens is 1. The van der Waals surface area contributed by atoms with E-state index in [9.17, 15) is 14.0 Å². The molecule has 0 spiro atoms. The highest BCUT2D eigenvalue weighted by Crippen LogP contribution is 2.28. The van der Waals surface area contributed by atoms with Gasteiger partial charge in [-0.1, -0.05) is 13.0 Å². The van der Waals surface area contributed by atoms with E-state index in [-0.39, 0.29) is 23.5 Å². The van der Waals surface area contributed by atoms with E-state index >= 15 is 0 Å². The molecule has 1 fully saturated rings. The Morgan fingerprint density at radius 2 is 2.12 bits per heavy atom. The van der Waals surface area contributed by atoms with Crippen LogP contribution < -0.4 is 10.6 Å². The van der Waals surface area contributed by atoms with Crippen LogP contribution in [0.25, 0.3) is 0 Å². The number of nitrogens with zero attached hydrogens (tertiary/aromatic N) is 1. The van der Waals surface area contributed by atoms with Crippen LogP contribution in [0.5, 0.6) is 0 Å². The van der Waals surface area contributed by atoms with Gasteiger partial charge in [-0.05, 0) is 63.5 Å². The number of carbonyl (C=O) groups excluding carboxylic acids is 2. The van der Waals surface area contributed by atoms with Crippen molar-refractivity contribution in [1.82, 2.24) is 10.2 Å². The molecule has 1 heterocycles. The number of carbonyl (C=O) groups is 2. The number of benzene rings is 1. The molecule has 24 heavy (non-hydrogen) atoms. The zero-order chi connectivity index (χ0) is 17.7. The fraction of sp³-hybridized carbons (Fsp3) is 0.556. The van der Waals surface area contributed by atoms with Gasteiger partial charge in [0.25, 0.3) is 0 Å². The molecule has 1 aromatic rings. The van der Waals surface area contributed by atoms with Crippen LogP contribution in [-0.2, 0) is 9.59 Å². The first-order chi connectivity index (χ1) is 11.4. The molecular weight excluding hydrogens is 309 g/mol. The van der Waals surface area contributed by atoms with Crippen LogP contribution in [0.3, 0.4) is 0 Å². The molecular formula is C18H26FN3O2. The second-order valence-electron chi connectivity index (χ2n) is 6.58. The Bertz CT molecular complexity index is 604. The smallest absolute Gasteiger partial charge is 0.249 e. The van der Waals surface area contributed by atoms with E-state index in [0.29, 0.717) is 24.1 Å². The largest absolute Gasteiger partial charge is 0.374 e. The topological polar surface area (TPSA) is 61.4 Å². The third kappa shape index (κ3) is 4.77. The van der Waals surface area contributed by atoms with Crippen LogP contribution >= 0.6 is 0 Å². The van der Waals surface area contributed by atoms with Gasteiger partial charge in [0.15, 0.2) is 0 Å². The third-order valence-electron chi connectivity index (χ3n) is 4.44. The van der Waals surface area contributed by atoms with E-state index in [0.717, 1.165) is 19.4 Å². The highest BCUT2D eigenvalue weighted by Gasteiger charge is 2.26. The lowest BCUT2D eigenvalue weighted by molar-refractivity contribution is -0.133. The van der Waals surface area contributed by atoms with Crippen LogP contribution in [0, 0.1) is 5.82 Å². The number of piperidine rings is 1. The summed E-state index contributed by atoms with van der Waals surface area (Å²) in [5, 5.41) is 5.31. The molecule has 1 saturated heterocycles. The van der Waals surface area contributed by atoms with Crippen LogP contribution in [0.4, 0.5) is 10.1 Å². The zero-order valence-electron chi connectivity index (χ0n) is 14.6. The first kappa shape index (κ1) is 18.4. The Morgan fingerprint density at radius 1 is 1.38 bits per heavy atom. The zero-order valence-corrected chi connectivity index (χ0v) is 14.6. The number of hydrogen-bond donors (Lipinski definition) is 2. The van der Waals surface area contributed by atoms with E-state index < -0.39 is 6.04 Å². The summed E-state index contributed by atoms with van der Waals surface area (Å²) in [6, 6.07) is 4.55. The number of rotatable bonds is 7. The molecule has 2 N–H and O–H groups in total. The quantitative estimate of drug-likeness (QED) is 0.752. The molecule has 2 unspecified atom stereocenters. The number of anilines is 1. The second-order valence-corrected chi connectivity index (χ2v) is 6.58. The molecule has 1 aromatic carbocycles. The van der Waals surface area contributed by atoms with Crippen LogP contribution in [-0.4, -0.2) is 43.4 Å². The number of amides is 2. The molecule has 132 valence electrons. The van der Waals surface area contributed by atoms with Gasteiger partial charge in [0.2, 0.25) is 11.8 Å². The van der Waals surface area contributed by atoms with E-state index in [1.165, 1.54) is 6.07 Å². The standard InChI is InChI=1S/C18H26FN3O2/c1-4-12(9-10-22(2)3)14-6-5-13(11-15(14)19)20-16-7-8-17(23)21-18(16)24/h5-6,11-12,16,20H,4,7-10H2,1-3H3,(H,21,23,24). The Morgan fingerprint density at radius 3 is 2.71 bits per heavy atom. The predicted octanol–water partition coefficient (Wildman–Crippen LogP) is 2.49. The molecule has 0 aliphatic carbocycles. The van der Waals surface area contributed by atoms with Crippen molar-refractivity contribution in [3.05, 3.63) is 29.6 Å². The van der Waals surface area contributed by atoms with Gasteiger partial charge in [0.05, 0.1) is 0 Å². The molecule has 2 atom stereocenters. The Labute approximate surface area is 142 Å². The molecule has 1 aliphatic rings. The summed E-state index contributed by atoms with van der Waals surface area (Å²) < 4.78 is 14.5. The SMILES string of the molecule is CCC(CCN(C)C)c1ccc(NC2CCC(=O)NC2=O)cc1F. The van der Waals surface area contributed by atoms with Gasteiger partial charge in [-0.2, -0.15) is 0 Å². The Kier molecular flexibility index (Phi) is 6.31. The molecule has 2 rings (SSSR count). The van der Waals surface area contributed by atoms with Crippen molar-refractivity contribution in [2.45, 2.75) is 44.6 Å². The molecule has 0 saturated carbocycles. The number of nitrogens with one attached hydrogen (secondary N) is 2. The third-order valence-corrected chi connectivity index (χ3v) is 4.44. The summed E-state index contributed by atoms with van der Waals surface area (Å²) in [6.07, 6.45) is 2.51. The van der Waals surface area contributed by atoms with E-state index in [1.807, 2.05) is 14.1 Å². The minimum absolute atomic E-state index is 0.178. The molecule has 0 radical (unpaired) electrons. The van der Waals surface area contributed by atoms with Gasteiger partial charge in [-0.3, -0.25) is 14.9 Å². The van der Waals surface area contributed by atoms with E-state index in [4.69, 9.17) is 0 Å². The maximum Gasteiger partial charge on any atom is 0.249 e. The first-order valence-corrected chi connectivity index (χ1v) is 8.45. The van der Waals surface area contributed by atoms with Crippen molar-refractivity contribution >= 4 is 17.5 Å². The minimum Gasteiger partial charge on any atom is -0.374 e. The maximum atomic E-state index is 14.5. The van der Waals surface area contributed by atoms with Gasteiger partial charge in [0.1, 0.15) is 11.9 Å². The molecule has 0 bridgehead atoms. The molecule has 2 amide bonds. The summed E-state index contributed by atoms with van der Waals surface area (Å²) in [5.41, 5.74) is 1.28. The van der Waals surface area contributed by atoms with Crippen LogP contribution in [0.2, 0.25) is 0 Å².